The molecule has 0 aliphatic carbocycles. The van der Waals surface area contributed by atoms with Crippen molar-refractivity contribution in [1.82, 2.24) is 0 Å². The van der Waals surface area contributed by atoms with Crippen LogP contribution in [0.2, 0.25) is 0 Å². The second kappa shape index (κ2) is 8.42. The summed E-state index contributed by atoms with van der Waals surface area (Å²) in [5.41, 5.74) is 1.01. The number of aliphatic carboxylic acids is 1. The molecule has 118 valence electrons. The molecule has 0 amide bonds. The van der Waals surface area contributed by atoms with Gasteiger partial charge in [-0.25, -0.2) is 0 Å². The molecule has 0 saturated carbocycles. The van der Waals surface area contributed by atoms with Crippen LogP contribution in [-0.2, 0) is 11.2 Å². The number of hydrogen-bond acceptors (Lipinski definition) is 2. The van der Waals surface area contributed by atoms with E-state index in [9.17, 15) is 4.79 Å². The van der Waals surface area contributed by atoms with Gasteiger partial charge in [-0.3, -0.25) is 4.79 Å². The number of fused-ring (bicyclic) bond motifs is 1. The van der Waals surface area contributed by atoms with Crippen LogP contribution in [0, 0.1) is 0 Å². The molecule has 0 heterocycles. The normalized spacial score (nSPS) is 10.8. The Morgan fingerprint density at radius 1 is 1.09 bits per heavy atom. The van der Waals surface area contributed by atoms with Crippen LogP contribution < -0.4 is 4.74 Å². The summed E-state index contributed by atoms with van der Waals surface area (Å²) in [4.78, 5) is 10.9. The van der Waals surface area contributed by atoms with Gasteiger partial charge in [0.15, 0.2) is 0 Å². The number of carbonyl (C=O) groups is 1. The third kappa shape index (κ3) is 4.48. The Morgan fingerprint density at radius 2 is 1.91 bits per heavy atom. The molecule has 2 rings (SSSR count). The van der Waals surface area contributed by atoms with Crippen molar-refractivity contribution in [2.45, 2.75) is 45.4 Å². The smallest absolute Gasteiger partial charge is 0.303 e. The van der Waals surface area contributed by atoms with Crippen LogP contribution in [0.25, 0.3) is 10.8 Å². The molecule has 0 spiro atoms. The van der Waals surface area contributed by atoms with E-state index < -0.39 is 5.97 Å². The maximum atomic E-state index is 10.9. The third-order valence-electron chi connectivity index (χ3n) is 3.84. The largest absolute Gasteiger partial charge is 0.493 e. The molecule has 0 aromatic heterocycles. The molecule has 0 fully saturated rings. The maximum absolute atomic E-state index is 10.9. The molecule has 0 atom stereocenters. The van der Waals surface area contributed by atoms with E-state index >= 15 is 0 Å². The van der Waals surface area contributed by atoms with Crippen molar-refractivity contribution in [3.05, 3.63) is 42.0 Å². The van der Waals surface area contributed by atoms with E-state index in [2.05, 4.69) is 6.92 Å². The van der Waals surface area contributed by atoms with Crippen LogP contribution >= 0.6 is 0 Å². The molecule has 0 aliphatic rings. The van der Waals surface area contributed by atoms with Gasteiger partial charge in [0.25, 0.3) is 0 Å². The van der Waals surface area contributed by atoms with E-state index in [1.807, 2.05) is 36.4 Å². The van der Waals surface area contributed by atoms with Crippen molar-refractivity contribution in [3.8, 4) is 5.75 Å². The quantitative estimate of drug-likeness (QED) is 0.676. The lowest BCUT2D eigenvalue weighted by Gasteiger charge is -2.14. The van der Waals surface area contributed by atoms with Gasteiger partial charge in [-0.05, 0) is 29.7 Å². The zero-order chi connectivity index (χ0) is 15.8. The van der Waals surface area contributed by atoms with Crippen molar-refractivity contribution in [3.63, 3.8) is 0 Å². The van der Waals surface area contributed by atoms with E-state index in [0.29, 0.717) is 13.0 Å². The second-order valence-electron chi connectivity index (χ2n) is 5.57. The van der Waals surface area contributed by atoms with Crippen LogP contribution in [-0.4, -0.2) is 17.7 Å². The first-order valence-electron chi connectivity index (χ1n) is 8.07. The zero-order valence-electron chi connectivity index (χ0n) is 13.2. The molecule has 1 N–H and O–H groups in total. The highest BCUT2D eigenvalue weighted by atomic mass is 16.5. The van der Waals surface area contributed by atoms with E-state index in [0.717, 1.165) is 28.5 Å². The van der Waals surface area contributed by atoms with Gasteiger partial charge < -0.3 is 9.84 Å². The molecule has 2 aromatic carbocycles. The minimum Gasteiger partial charge on any atom is -0.493 e. The first-order chi connectivity index (χ1) is 10.7. The maximum Gasteiger partial charge on any atom is 0.303 e. The number of carboxylic acid groups (broad SMARTS) is 1. The topological polar surface area (TPSA) is 46.5 Å². The Bertz CT molecular complexity index is 619. The van der Waals surface area contributed by atoms with Gasteiger partial charge in [0.2, 0.25) is 0 Å². The van der Waals surface area contributed by atoms with Crippen LogP contribution in [0.1, 0.15) is 44.6 Å². The Kier molecular flexibility index (Phi) is 6.26. The molecule has 0 bridgehead atoms. The van der Waals surface area contributed by atoms with Gasteiger partial charge in [-0.15, -0.1) is 0 Å². The number of ether oxygens (including phenoxy) is 1. The van der Waals surface area contributed by atoms with Crippen molar-refractivity contribution in [1.29, 1.82) is 0 Å². The van der Waals surface area contributed by atoms with Crippen molar-refractivity contribution >= 4 is 16.7 Å². The lowest BCUT2D eigenvalue weighted by molar-refractivity contribution is -0.136. The van der Waals surface area contributed by atoms with Crippen LogP contribution in [0.5, 0.6) is 5.75 Å². The molecule has 2 aromatic rings. The van der Waals surface area contributed by atoms with E-state index in [4.69, 9.17) is 9.84 Å². The Morgan fingerprint density at radius 3 is 2.68 bits per heavy atom. The van der Waals surface area contributed by atoms with Crippen molar-refractivity contribution < 1.29 is 14.6 Å². The van der Waals surface area contributed by atoms with Crippen molar-refractivity contribution in [2.75, 3.05) is 6.61 Å². The molecule has 0 unspecified atom stereocenters. The van der Waals surface area contributed by atoms with Gasteiger partial charge in [0, 0.05) is 12.0 Å². The summed E-state index contributed by atoms with van der Waals surface area (Å²) in [6, 6.07) is 12.1. The summed E-state index contributed by atoms with van der Waals surface area (Å²) in [6.07, 6.45) is 5.28. The van der Waals surface area contributed by atoms with E-state index in [1.54, 1.807) is 0 Å². The van der Waals surface area contributed by atoms with Gasteiger partial charge in [0.05, 0.1) is 6.61 Å². The van der Waals surface area contributed by atoms with Gasteiger partial charge in [-0.1, -0.05) is 56.5 Å². The van der Waals surface area contributed by atoms with E-state index in [-0.39, 0.29) is 6.42 Å². The number of benzene rings is 2. The monoisotopic (exact) mass is 300 g/mol. The highest BCUT2D eigenvalue weighted by molar-refractivity contribution is 5.88. The van der Waals surface area contributed by atoms with Crippen LogP contribution in [0.15, 0.2) is 36.4 Å². The molecule has 3 nitrogen and oxygen atoms in total. The average molecular weight is 300 g/mol. The summed E-state index contributed by atoms with van der Waals surface area (Å²) >= 11 is 0. The summed E-state index contributed by atoms with van der Waals surface area (Å²) in [5, 5.41) is 11.2. The third-order valence-corrected chi connectivity index (χ3v) is 3.84. The Labute approximate surface area is 131 Å². The lowest BCUT2D eigenvalue weighted by atomic mass is 9.99. The predicted molar refractivity (Wildman–Crippen MR) is 89.5 cm³/mol. The Balaban J connectivity index is 2.16. The lowest BCUT2D eigenvalue weighted by Crippen LogP contribution is -2.03. The van der Waals surface area contributed by atoms with Crippen LogP contribution in [0.4, 0.5) is 0 Å². The zero-order valence-corrected chi connectivity index (χ0v) is 13.2. The predicted octanol–water partition coefficient (Wildman–Crippen LogP) is 4.82. The minimum absolute atomic E-state index is 0.125. The van der Waals surface area contributed by atoms with Gasteiger partial charge in [-0.2, -0.15) is 0 Å². The number of rotatable bonds is 9. The van der Waals surface area contributed by atoms with Gasteiger partial charge >= 0.3 is 5.97 Å². The minimum atomic E-state index is -0.776. The molecule has 3 heteroatoms. The van der Waals surface area contributed by atoms with Crippen LogP contribution in [0.3, 0.4) is 0 Å². The summed E-state index contributed by atoms with van der Waals surface area (Å²) < 4.78 is 5.93. The molecule has 0 radical (unpaired) electrons. The molecular formula is C19H24O3. The fraction of sp³-hybridized carbons (Fsp3) is 0.421. The summed E-state index contributed by atoms with van der Waals surface area (Å²) in [6.45, 7) is 2.88. The molecule has 22 heavy (non-hydrogen) atoms. The first kappa shape index (κ1) is 16.3. The molecule has 0 aliphatic heterocycles. The molecule has 0 saturated heterocycles. The second-order valence-corrected chi connectivity index (χ2v) is 5.57. The summed E-state index contributed by atoms with van der Waals surface area (Å²) in [5.74, 6) is 0.0540. The Hall–Kier alpha value is -2.03. The summed E-state index contributed by atoms with van der Waals surface area (Å²) in [7, 11) is 0. The standard InChI is InChI=1S/C19H24O3/c1-2-3-4-7-14-22-18-12-10-15-8-5-6-9-16(15)17(18)11-13-19(20)21/h5-6,8-10,12H,2-4,7,11,13-14H2,1H3,(H,20,21). The number of aryl methyl sites for hydroxylation is 1. The molecular weight excluding hydrogens is 276 g/mol. The SMILES string of the molecule is CCCCCCOc1ccc2ccccc2c1CCC(=O)O. The van der Waals surface area contributed by atoms with E-state index in [1.165, 1.54) is 19.3 Å². The van der Waals surface area contributed by atoms with Crippen molar-refractivity contribution in [2.24, 2.45) is 0 Å². The highest BCUT2D eigenvalue weighted by Crippen LogP contribution is 2.29. The fourth-order valence-electron chi connectivity index (χ4n) is 2.65. The average Bonchev–Trinajstić information content (AvgIpc) is 2.53. The number of carboxylic acids is 1. The first-order valence-corrected chi connectivity index (χ1v) is 8.07. The number of unbranched alkanes of at least 4 members (excludes halogenated alkanes) is 3. The highest BCUT2D eigenvalue weighted by Gasteiger charge is 2.10. The van der Waals surface area contributed by atoms with Gasteiger partial charge in [0.1, 0.15) is 5.75 Å². The number of hydrogen-bond donors (Lipinski definition) is 1. The fourth-order valence-corrected chi connectivity index (χ4v) is 2.65.